The predicted molar refractivity (Wildman–Crippen MR) is 100 cm³/mol. The Labute approximate surface area is 156 Å². The maximum absolute atomic E-state index is 13.2. The zero-order valence-electron chi connectivity index (χ0n) is 15.1. The van der Waals surface area contributed by atoms with Gasteiger partial charge < -0.3 is 14.1 Å². The van der Waals surface area contributed by atoms with E-state index in [2.05, 4.69) is 4.98 Å². The van der Waals surface area contributed by atoms with Crippen molar-refractivity contribution in [3.8, 4) is 11.5 Å². The van der Waals surface area contributed by atoms with Crippen molar-refractivity contribution < 1.29 is 18.7 Å². The van der Waals surface area contributed by atoms with Gasteiger partial charge in [-0.1, -0.05) is 18.2 Å². The predicted octanol–water partition coefficient (Wildman–Crippen LogP) is 3.52. The molecule has 138 valence electrons. The van der Waals surface area contributed by atoms with Crippen LogP contribution in [0.5, 0.6) is 0 Å². The van der Waals surface area contributed by atoms with Crippen LogP contribution in [-0.2, 0) is 9.53 Å². The minimum atomic E-state index is -0.198. The standard InChI is InChI=1S/C21H20N2O4/c1-26-21(25)14-8-10-23(11-9-14)20(24)16-13-18(19-7-4-12-27-19)22-17-6-3-2-5-15(16)17/h2-7,12-14H,8-11H2,1H3. The molecule has 0 unspecified atom stereocenters. The average Bonchev–Trinajstić information content (AvgIpc) is 3.27. The Morgan fingerprint density at radius 2 is 1.93 bits per heavy atom. The van der Waals surface area contributed by atoms with Crippen molar-refractivity contribution in [1.29, 1.82) is 0 Å². The number of para-hydroxylation sites is 1. The fourth-order valence-corrected chi connectivity index (χ4v) is 3.56. The van der Waals surface area contributed by atoms with Crippen molar-refractivity contribution in [2.45, 2.75) is 12.8 Å². The number of amides is 1. The molecule has 0 saturated carbocycles. The second-order valence-corrected chi connectivity index (χ2v) is 6.64. The van der Waals surface area contributed by atoms with Crippen LogP contribution in [0.15, 0.2) is 53.1 Å². The Bertz CT molecular complexity index is 973. The largest absolute Gasteiger partial charge is 0.469 e. The molecule has 27 heavy (non-hydrogen) atoms. The molecule has 3 aromatic rings. The molecule has 1 saturated heterocycles. The Morgan fingerprint density at radius 1 is 1.15 bits per heavy atom. The van der Waals surface area contributed by atoms with Gasteiger partial charge in [0.15, 0.2) is 5.76 Å². The van der Waals surface area contributed by atoms with Gasteiger partial charge in [0.2, 0.25) is 0 Å². The number of methoxy groups -OCH3 is 1. The number of furan rings is 1. The fourth-order valence-electron chi connectivity index (χ4n) is 3.56. The summed E-state index contributed by atoms with van der Waals surface area (Å²) in [6.45, 7) is 1.07. The smallest absolute Gasteiger partial charge is 0.308 e. The number of aromatic nitrogens is 1. The van der Waals surface area contributed by atoms with Crippen molar-refractivity contribution in [3.63, 3.8) is 0 Å². The molecule has 0 spiro atoms. The minimum Gasteiger partial charge on any atom is -0.469 e. The highest BCUT2D eigenvalue weighted by atomic mass is 16.5. The van der Waals surface area contributed by atoms with Gasteiger partial charge in [-0.25, -0.2) is 4.98 Å². The molecule has 1 aliphatic rings. The highest BCUT2D eigenvalue weighted by Gasteiger charge is 2.29. The lowest BCUT2D eigenvalue weighted by Crippen LogP contribution is -2.40. The number of nitrogens with zero attached hydrogens (tertiary/aromatic N) is 2. The van der Waals surface area contributed by atoms with Crippen LogP contribution in [-0.4, -0.2) is 42.0 Å². The van der Waals surface area contributed by atoms with E-state index in [1.54, 1.807) is 23.3 Å². The van der Waals surface area contributed by atoms with Crippen LogP contribution in [0.25, 0.3) is 22.4 Å². The van der Waals surface area contributed by atoms with Crippen LogP contribution in [0.2, 0.25) is 0 Å². The number of carbonyl (C=O) groups is 2. The molecule has 1 aliphatic heterocycles. The third-order valence-electron chi connectivity index (χ3n) is 5.04. The van der Waals surface area contributed by atoms with Gasteiger partial charge in [0.1, 0.15) is 5.69 Å². The van der Waals surface area contributed by atoms with Crippen LogP contribution in [0, 0.1) is 5.92 Å². The number of rotatable bonds is 3. The maximum Gasteiger partial charge on any atom is 0.308 e. The summed E-state index contributed by atoms with van der Waals surface area (Å²) >= 11 is 0. The highest BCUT2D eigenvalue weighted by molar-refractivity contribution is 6.07. The summed E-state index contributed by atoms with van der Waals surface area (Å²) in [5.74, 6) is 0.243. The third kappa shape index (κ3) is 3.30. The van der Waals surface area contributed by atoms with Gasteiger partial charge in [0.25, 0.3) is 5.91 Å². The molecule has 1 fully saturated rings. The summed E-state index contributed by atoms with van der Waals surface area (Å²) in [7, 11) is 1.40. The molecule has 0 atom stereocenters. The first-order valence-corrected chi connectivity index (χ1v) is 8.98. The van der Waals surface area contributed by atoms with E-state index in [0.717, 1.165) is 10.9 Å². The zero-order valence-corrected chi connectivity index (χ0v) is 15.1. The number of pyridine rings is 1. The average molecular weight is 364 g/mol. The Hall–Kier alpha value is -3.15. The van der Waals surface area contributed by atoms with Crippen molar-refractivity contribution in [2.75, 3.05) is 20.2 Å². The van der Waals surface area contributed by atoms with Crippen molar-refractivity contribution in [1.82, 2.24) is 9.88 Å². The normalized spacial score (nSPS) is 15.1. The number of likely N-dealkylation sites (tertiary alicyclic amines) is 1. The van der Waals surface area contributed by atoms with E-state index >= 15 is 0 Å². The second-order valence-electron chi connectivity index (χ2n) is 6.64. The van der Waals surface area contributed by atoms with E-state index in [4.69, 9.17) is 9.15 Å². The van der Waals surface area contributed by atoms with Crippen LogP contribution < -0.4 is 0 Å². The Balaban J connectivity index is 1.66. The molecule has 6 nitrogen and oxygen atoms in total. The number of hydrogen-bond donors (Lipinski definition) is 0. The highest BCUT2D eigenvalue weighted by Crippen LogP contribution is 2.27. The van der Waals surface area contributed by atoms with E-state index in [0.29, 0.717) is 42.9 Å². The molecule has 0 N–H and O–H groups in total. The molecule has 1 amide bonds. The first-order valence-electron chi connectivity index (χ1n) is 8.98. The summed E-state index contributed by atoms with van der Waals surface area (Å²) in [6, 6.07) is 13.0. The molecule has 0 aliphatic carbocycles. The first-order chi connectivity index (χ1) is 13.2. The lowest BCUT2D eigenvalue weighted by molar-refractivity contribution is -0.146. The van der Waals surface area contributed by atoms with E-state index in [9.17, 15) is 9.59 Å². The molecular formula is C21H20N2O4. The van der Waals surface area contributed by atoms with E-state index in [-0.39, 0.29) is 17.8 Å². The lowest BCUT2D eigenvalue weighted by atomic mass is 9.96. The summed E-state index contributed by atoms with van der Waals surface area (Å²) in [4.78, 5) is 31.4. The van der Waals surface area contributed by atoms with E-state index in [1.807, 2.05) is 30.3 Å². The first kappa shape index (κ1) is 17.3. The lowest BCUT2D eigenvalue weighted by Gasteiger charge is -2.31. The summed E-state index contributed by atoms with van der Waals surface area (Å²) < 4.78 is 10.3. The molecule has 2 aromatic heterocycles. The number of benzene rings is 1. The molecule has 4 rings (SSSR count). The maximum atomic E-state index is 13.2. The molecule has 0 bridgehead atoms. The topological polar surface area (TPSA) is 72.6 Å². The van der Waals surface area contributed by atoms with Gasteiger partial charge in [0, 0.05) is 18.5 Å². The van der Waals surface area contributed by atoms with Crippen molar-refractivity contribution in [3.05, 3.63) is 54.3 Å². The van der Waals surface area contributed by atoms with E-state index in [1.165, 1.54) is 7.11 Å². The molecule has 0 radical (unpaired) electrons. The van der Waals surface area contributed by atoms with Gasteiger partial charge in [-0.05, 0) is 37.1 Å². The zero-order chi connectivity index (χ0) is 18.8. The minimum absolute atomic E-state index is 0.0512. The van der Waals surface area contributed by atoms with Crippen LogP contribution in [0.1, 0.15) is 23.2 Å². The van der Waals surface area contributed by atoms with Gasteiger partial charge in [-0.3, -0.25) is 9.59 Å². The molecule has 1 aromatic carbocycles. The van der Waals surface area contributed by atoms with Crippen molar-refractivity contribution in [2.24, 2.45) is 5.92 Å². The monoisotopic (exact) mass is 364 g/mol. The number of hydrogen-bond acceptors (Lipinski definition) is 5. The Morgan fingerprint density at radius 3 is 2.63 bits per heavy atom. The van der Waals surface area contributed by atoms with Crippen LogP contribution in [0.3, 0.4) is 0 Å². The summed E-state index contributed by atoms with van der Waals surface area (Å²) in [5.41, 5.74) is 1.98. The Kier molecular flexibility index (Phi) is 4.62. The molecule has 3 heterocycles. The molecular weight excluding hydrogens is 344 g/mol. The quantitative estimate of drug-likeness (QED) is 0.665. The van der Waals surface area contributed by atoms with Crippen LogP contribution >= 0.6 is 0 Å². The number of esters is 1. The van der Waals surface area contributed by atoms with Gasteiger partial charge in [-0.2, -0.15) is 0 Å². The number of carbonyl (C=O) groups excluding carboxylic acids is 2. The summed E-state index contributed by atoms with van der Waals surface area (Å²) in [5, 5.41) is 0.813. The SMILES string of the molecule is COC(=O)C1CCN(C(=O)c2cc(-c3ccco3)nc3ccccc23)CC1. The molecule has 6 heteroatoms. The number of ether oxygens (including phenoxy) is 1. The summed E-state index contributed by atoms with van der Waals surface area (Å²) in [6.07, 6.45) is 2.82. The third-order valence-corrected chi connectivity index (χ3v) is 5.04. The van der Waals surface area contributed by atoms with E-state index < -0.39 is 0 Å². The van der Waals surface area contributed by atoms with Crippen molar-refractivity contribution >= 4 is 22.8 Å². The number of fused-ring (bicyclic) bond motifs is 1. The second kappa shape index (κ2) is 7.23. The van der Waals surface area contributed by atoms with Gasteiger partial charge in [-0.15, -0.1) is 0 Å². The van der Waals surface area contributed by atoms with Gasteiger partial charge >= 0.3 is 5.97 Å². The van der Waals surface area contributed by atoms with Crippen LogP contribution in [0.4, 0.5) is 0 Å². The fraction of sp³-hybridized carbons (Fsp3) is 0.286. The van der Waals surface area contributed by atoms with Gasteiger partial charge in [0.05, 0.1) is 30.4 Å². The number of piperidine rings is 1.